The van der Waals surface area contributed by atoms with Crippen LogP contribution in [-0.4, -0.2) is 42.2 Å². The maximum atomic E-state index is 10.4. The highest BCUT2D eigenvalue weighted by atomic mass is 16.6. The molecule has 0 aromatic carbocycles. The van der Waals surface area contributed by atoms with Crippen LogP contribution in [0.15, 0.2) is 0 Å². The molecule has 0 atom stereocenters. The van der Waals surface area contributed by atoms with E-state index in [1.165, 1.54) is 0 Å². The first-order valence-electron chi connectivity index (χ1n) is 4.48. The number of carboxylic acid groups (broad SMARTS) is 1. The fourth-order valence-electron chi connectivity index (χ4n) is 1.64. The number of carbonyl (C=O) groups is 1. The van der Waals surface area contributed by atoms with Gasteiger partial charge in [-0.2, -0.15) is 0 Å². The van der Waals surface area contributed by atoms with E-state index in [0.29, 0.717) is 12.5 Å². The van der Waals surface area contributed by atoms with E-state index in [0.717, 1.165) is 25.9 Å². The molecular weight excluding hydrogens is 172 g/mol. The monoisotopic (exact) mass is 188 g/mol. The van der Waals surface area contributed by atoms with E-state index in [1.54, 1.807) is 0 Å². The van der Waals surface area contributed by atoms with Crippen LogP contribution in [0.3, 0.4) is 0 Å². The van der Waals surface area contributed by atoms with Crippen LogP contribution in [-0.2, 0) is 9.63 Å². The van der Waals surface area contributed by atoms with Gasteiger partial charge in [0.1, 0.15) is 0 Å². The standard InChI is InChI=1S/C8H16N2O3/c9-13-6-7-1-3-10(4-2-7)5-8(11)12/h7H,1-6,9H2,(H,11,12). The van der Waals surface area contributed by atoms with E-state index in [9.17, 15) is 4.79 Å². The van der Waals surface area contributed by atoms with Crippen molar-refractivity contribution >= 4 is 5.97 Å². The highest BCUT2D eigenvalue weighted by Crippen LogP contribution is 2.16. The van der Waals surface area contributed by atoms with Crippen LogP contribution in [0.5, 0.6) is 0 Å². The van der Waals surface area contributed by atoms with Crippen LogP contribution < -0.4 is 5.90 Å². The molecule has 76 valence electrons. The minimum atomic E-state index is -0.756. The van der Waals surface area contributed by atoms with Gasteiger partial charge in [-0.05, 0) is 31.8 Å². The molecule has 0 bridgehead atoms. The minimum Gasteiger partial charge on any atom is -0.480 e. The SMILES string of the molecule is NOCC1CCN(CC(=O)O)CC1. The summed E-state index contributed by atoms with van der Waals surface area (Å²) in [6, 6.07) is 0. The first kappa shape index (κ1) is 10.4. The Hall–Kier alpha value is -0.650. The Balaban J connectivity index is 2.18. The molecule has 5 heteroatoms. The predicted octanol–water partition coefficient (Wildman–Crippen LogP) is -0.327. The maximum Gasteiger partial charge on any atom is 0.317 e. The Labute approximate surface area is 77.4 Å². The number of piperidine rings is 1. The Bertz CT molecular complexity index is 167. The van der Waals surface area contributed by atoms with Gasteiger partial charge in [-0.1, -0.05) is 0 Å². The number of nitrogens with two attached hydrogens (primary N) is 1. The Morgan fingerprint density at radius 2 is 2.15 bits per heavy atom. The topological polar surface area (TPSA) is 75.8 Å². The van der Waals surface area contributed by atoms with Crippen LogP contribution in [0.1, 0.15) is 12.8 Å². The van der Waals surface area contributed by atoms with E-state index >= 15 is 0 Å². The average molecular weight is 188 g/mol. The van der Waals surface area contributed by atoms with Gasteiger partial charge in [0.15, 0.2) is 0 Å². The summed E-state index contributed by atoms with van der Waals surface area (Å²) in [5.74, 6) is 4.71. The molecule has 0 spiro atoms. The number of rotatable bonds is 4. The fourth-order valence-corrected chi connectivity index (χ4v) is 1.64. The zero-order valence-electron chi connectivity index (χ0n) is 7.61. The maximum absolute atomic E-state index is 10.4. The lowest BCUT2D eigenvalue weighted by Gasteiger charge is -2.29. The predicted molar refractivity (Wildman–Crippen MR) is 46.9 cm³/mol. The third-order valence-corrected chi connectivity index (χ3v) is 2.40. The second kappa shape index (κ2) is 5.16. The van der Waals surface area contributed by atoms with Crippen LogP contribution in [0.2, 0.25) is 0 Å². The first-order chi connectivity index (χ1) is 6.22. The van der Waals surface area contributed by atoms with Crippen molar-refractivity contribution in [3.8, 4) is 0 Å². The molecule has 5 nitrogen and oxygen atoms in total. The molecular formula is C8H16N2O3. The smallest absolute Gasteiger partial charge is 0.317 e. The van der Waals surface area contributed by atoms with E-state index < -0.39 is 5.97 Å². The van der Waals surface area contributed by atoms with Crippen LogP contribution >= 0.6 is 0 Å². The molecule has 0 amide bonds. The van der Waals surface area contributed by atoms with Gasteiger partial charge in [-0.3, -0.25) is 9.69 Å². The molecule has 3 N–H and O–H groups in total. The first-order valence-corrected chi connectivity index (χ1v) is 4.48. The van der Waals surface area contributed by atoms with Gasteiger partial charge in [-0.15, -0.1) is 0 Å². The third-order valence-electron chi connectivity index (χ3n) is 2.40. The van der Waals surface area contributed by atoms with Crippen molar-refractivity contribution in [2.75, 3.05) is 26.2 Å². The van der Waals surface area contributed by atoms with Crippen molar-refractivity contribution in [3.05, 3.63) is 0 Å². The molecule has 0 unspecified atom stereocenters. The highest BCUT2D eigenvalue weighted by Gasteiger charge is 2.20. The van der Waals surface area contributed by atoms with Crippen molar-refractivity contribution in [3.63, 3.8) is 0 Å². The number of aliphatic carboxylic acids is 1. The second-order valence-electron chi connectivity index (χ2n) is 3.45. The zero-order chi connectivity index (χ0) is 9.68. The van der Waals surface area contributed by atoms with Gasteiger partial charge < -0.3 is 9.94 Å². The molecule has 0 aliphatic carbocycles. The molecule has 1 rings (SSSR count). The van der Waals surface area contributed by atoms with Gasteiger partial charge in [-0.25, -0.2) is 5.90 Å². The number of nitrogens with zero attached hydrogens (tertiary/aromatic N) is 1. The summed E-state index contributed by atoms with van der Waals surface area (Å²) in [5, 5.41) is 8.55. The highest BCUT2D eigenvalue weighted by molar-refractivity contribution is 5.69. The van der Waals surface area contributed by atoms with E-state index in [2.05, 4.69) is 4.84 Å². The van der Waals surface area contributed by atoms with Gasteiger partial charge >= 0.3 is 5.97 Å². The molecule has 0 saturated carbocycles. The van der Waals surface area contributed by atoms with Crippen molar-refractivity contribution in [1.82, 2.24) is 4.90 Å². The average Bonchev–Trinajstić information content (AvgIpc) is 2.08. The lowest BCUT2D eigenvalue weighted by molar-refractivity contribution is -0.138. The van der Waals surface area contributed by atoms with Crippen molar-refractivity contribution in [1.29, 1.82) is 0 Å². The summed E-state index contributed by atoms with van der Waals surface area (Å²) < 4.78 is 0. The van der Waals surface area contributed by atoms with E-state index in [1.807, 2.05) is 4.90 Å². The molecule has 0 aromatic rings. The number of likely N-dealkylation sites (tertiary alicyclic amines) is 1. The largest absolute Gasteiger partial charge is 0.480 e. The quantitative estimate of drug-likeness (QED) is 0.591. The number of hydrogen-bond donors (Lipinski definition) is 2. The van der Waals surface area contributed by atoms with Crippen LogP contribution in [0.25, 0.3) is 0 Å². The second-order valence-corrected chi connectivity index (χ2v) is 3.45. The van der Waals surface area contributed by atoms with Gasteiger partial charge in [0, 0.05) is 0 Å². The summed E-state index contributed by atoms with van der Waals surface area (Å²) in [6.07, 6.45) is 1.95. The zero-order valence-corrected chi connectivity index (χ0v) is 7.61. The van der Waals surface area contributed by atoms with Gasteiger partial charge in [0.2, 0.25) is 0 Å². The minimum absolute atomic E-state index is 0.149. The number of hydrogen-bond acceptors (Lipinski definition) is 4. The van der Waals surface area contributed by atoms with Crippen molar-refractivity contribution in [2.45, 2.75) is 12.8 Å². The van der Waals surface area contributed by atoms with Gasteiger partial charge in [0.05, 0.1) is 13.2 Å². The summed E-state index contributed by atoms with van der Waals surface area (Å²) in [5.41, 5.74) is 0. The van der Waals surface area contributed by atoms with Crippen molar-refractivity contribution < 1.29 is 14.7 Å². The van der Waals surface area contributed by atoms with Crippen LogP contribution in [0.4, 0.5) is 0 Å². The summed E-state index contributed by atoms with van der Waals surface area (Å²) in [7, 11) is 0. The molecule has 1 fully saturated rings. The van der Waals surface area contributed by atoms with E-state index in [-0.39, 0.29) is 6.54 Å². The lowest BCUT2D eigenvalue weighted by Crippen LogP contribution is -2.38. The molecule has 13 heavy (non-hydrogen) atoms. The lowest BCUT2D eigenvalue weighted by atomic mass is 9.98. The van der Waals surface area contributed by atoms with Crippen molar-refractivity contribution in [2.24, 2.45) is 11.8 Å². The molecule has 1 saturated heterocycles. The summed E-state index contributed by atoms with van der Waals surface area (Å²) in [6.45, 7) is 2.40. The molecule has 1 aliphatic rings. The molecule has 1 heterocycles. The Kier molecular flexibility index (Phi) is 4.14. The Morgan fingerprint density at radius 1 is 1.54 bits per heavy atom. The molecule has 0 radical (unpaired) electrons. The fraction of sp³-hybridized carbons (Fsp3) is 0.875. The Morgan fingerprint density at radius 3 is 2.62 bits per heavy atom. The molecule has 0 aromatic heterocycles. The summed E-state index contributed by atoms with van der Waals surface area (Å²) in [4.78, 5) is 16.9. The normalized spacial score (nSPS) is 20.4. The molecule has 1 aliphatic heterocycles. The number of carboxylic acids is 1. The third kappa shape index (κ3) is 3.71. The summed E-state index contributed by atoms with van der Waals surface area (Å²) >= 11 is 0. The van der Waals surface area contributed by atoms with E-state index in [4.69, 9.17) is 11.0 Å². The van der Waals surface area contributed by atoms with Gasteiger partial charge in [0.25, 0.3) is 0 Å². The van der Waals surface area contributed by atoms with Crippen LogP contribution in [0, 0.1) is 5.92 Å².